The van der Waals surface area contributed by atoms with Crippen molar-refractivity contribution in [2.24, 2.45) is 0 Å². The summed E-state index contributed by atoms with van der Waals surface area (Å²) in [7, 11) is 0. The van der Waals surface area contributed by atoms with Gasteiger partial charge in [-0.3, -0.25) is 4.79 Å². The van der Waals surface area contributed by atoms with Crippen molar-refractivity contribution in [3.8, 4) is 0 Å². The summed E-state index contributed by atoms with van der Waals surface area (Å²) in [6.45, 7) is 10.3. The van der Waals surface area contributed by atoms with Crippen molar-refractivity contribution in [2.75, 3.05) is 0 Å². The van der Waals surface area contributed by atoms with E-state index in [-0.39, 0.29) is 0 Å². The van der Waals surface area contributed by atoms with E-state index in [2.05, 4.69) is 65.0 Å². The normalized spacial score (nSPS) is 19.7. The molecular formula is C18H20O. The molecule has 1 aliphatic rings. The van der Waals surface area contributed by atoms with E-state index in [1.165, 1.54) is 27.5 Å². The van der Waals surface area contributed by atoms with Crippen molar-refractivity contribution >= 4 is 16.6 Å². The minimum atomic E-state index is -0.413. The summed E-state index contributed by atoms with van der Waals surface area (Å²) in [5, 5.41) is 2.57. The van der Waals surface area contributed by atoms with Gasteiger partial charge in [-0.2, -0.15) is 0 Å². The first kappa shape index (κ1) is 12.4. The van der Waals surface area contributed by atoms with Crippen LogP contribution in [0, 0.1) is 6.92 Å². The third kappa shape index (κ3) is 1.39. The molecule has 2 aromatic rings. The Morgan fingerprint density at radius 1 is 0.842 bits per heavy atom. The molecule has 19 heavy (non-hydrogen) atoms. The fourth-order valence-corrected chi connectivity index (χ4v) is 3.62. The van der Waals surface area contributed by atoms with Crippen LogP contribution in [-0.2, 0) is 15.6 Å². The summed E-state index contributed by atoms with van der Waals surface area (Å²) >= 11 is 0. The molecule has 0 unspecified atom stereocenters. The fourth-order valence-electron chi connectivity index (χ4n) is 3.62. The lowest BCUT2D eigenvalue weighted by molar-refractivity contribution is -0.128. The molecule has 0 radical (unpaired) electrons. The lowest BCUT2D eigenvalue weighted by Crippen LogP contribution is -2.46. The molecule has 1 aliphatic carbocycles. The molecule has 0 aliphatic heterocycles. The lowest BCUT2D eigenvalue weighted by Gasteiger charge is -2.41. The van der Waals surface area contributed by atoms with Crippen molar-refractivity contribution < 1.29 is 4.79 Å². The van der Waals surface area contributed by atoms with Crippen LogP contribution in [0.25, 0.3) is 10.8 Å². The van der Waals surface area contributed by atoms with Crippen LogP contribution >= 0.6 is 0 Å². The van der Waals surface area contributed by atoms with Gasteiger partial charge in [-0.05, 0) is 62.1 Å². The van der Waals surface area contributed by atoms with Crippen molar-refractivity contribution in [3.05, 3.63) is 47.0 Å². The predicted octanol–water partition coefficient (Wildman–Crippen LogP) is 4.29. The molecule has 3 rings (SSSR count). The minimum Gasteiger partial charge on any atom is -0.298 e. The van der Waals surface area contributed by atoms with E-state index in [1.54, 1.807) is 0 Å². The molecule has 0 bridgehead atoms. The van der Waals surface area contributed by atoms with Gasteiger partial charge in [-0.25, -0.2) is 0 Å². The van der Waals surface area contributed by atoms with Crippen molar-refractivity contribution in [3.63, 3.8) is 0 Å². The topological polar surface area (TPSA) is 17.1 Å². The maximum atomic E-state index is 12.9. The van der Waals surface area contributed by atoms with Crippen LogP contribution in [-0.4, -0.2) is 5.78 Å². The highest BCUT2D eigenvalue weighted by atomic mass is 16.1. The number of ketones is 1. The van der Waals surface area contributed by atoms with E-state index >= 15 is 0 Å². The second kappa shape index (κ2) is 3.47. The van der Waals surface area contributed by atoms with Crippen LogP contribution in [0.15, 0.2) is 30.3 Å². The van der Waals surface area contributed by atoms with Gasteiger partial charge in [0.15, 0.2) is 5.78 Å². The molecule has 1 heteroatoms. The van der Waals surface area contributed by atoms with Crippen LogP contribution in [0.3, 0.4) is 0 Å². The van der Waals surface area contributed by atoms with Crippen LogP contribution in [0.1, 0.15) is 44.4 Å². The minimum absolute atomic E-state index is 0.309. The van der Waals surface area contributed by atoms with E-state index in [4.69, 9.17) is 0 Å². The van der Waals surface area contributed by atoms with Crippen molar-refractivity contribution in [1.82, 2.24) is 0 Å². The molecule has 0 amide bonds. The van der Waals surface area contributed by atoms with Crippen LogP contribution in [0.4, 0.5) is 0 Å². The Balaban J connectivity index is 2.58. The highest BCUT2D eigenvalue weighted by Crippen LogP contribution is 2.47. The number of benzene rings is 2. The summed E-state index contributed by atoms with van der Waals surface area (Å²) in [6.07, 6.45) is 0. The second-order valence-electron chi connectivity index (χ2n) is 6.74. The van der Waals surface area contributed by atoms with E-state index in [1.807, 2.05) is 0 Å². The Hall–Kier alpha value is -1.63. The third-order valence-electron chi connectivity index (χ3n) is 4.74. The average Bonchev–Trinajstić information content (AvgIpc) is 2.36. The van der Waals surface area contributed by atoms with E-state index < -0.39 is 10.8 Å². The van der Waals surface area contributed by atoms with E-state index in [9.17, 15) is 4.79 Å². The van der Waals surface area contributed by atoms with Gasteiger partial charge < -0.3 is 0 Å². The smallest absolute Gasteiger partial charge is 0.152 e. The number of hydrogen-bond donors (Lipinski definition) is 0. The molecule has 98 valence electrons. The zero-order chi connectivity index (χ0) is 14.0. The molecule has 0 atom stereocenters. The number of rotatable bonds is 0. The van der Waals surface area contributed by atoms with E-state index in [0.717, 1.165) is 0 Å². The Morgan fingerprint density at radius 3 is 2.05 bits per heavy atom. The standard InChI is InChI=1S/C18H20O/c1-11-9-10-14-15-12(11)7-6-8-13(15)17(2,3)16(19)18(14,4)5/h6-10H,1-5H3. The Bertz CT molecular complexity index is 681. The van der Waals surface area contributed by atoms with Crippen LogP contribution in [0.2, 0.25) is 0 Å². The first-order chi connectivity index (χ1) is 8.78. The lowest BCUT2D eigenvalue weighted by atomic mass is 9.60. The number of Topliss-reactive ketones (excluding diaryl/α,β-unsaturated/α-hetero) is 1. The average molecular weight is 252 g/mol. The van der Waals surface area contributed by atoms with Crippen molar-refractivity contribution in [1.29, 1.82) is 0 Å². The number of carbonyl (C=O) groups excluding carboxylic acids is 1. The summed E-state index contributed by atoms with van der Waals surface area (Å²) in [5.74, 6) is 0.309. The molecule has 0 fully saturated rings. The number of hydrogen-bond acceptors (Lipinski definition) is 1. The maximum absolute atomic E-state index is 12.9. The van der Waals surface area contributed by atoms with Gasteiger partial charge in [0.2, 0.25) is 0 Å². The summed E-state index contributed by atoms with van der Waals surface area (Å²) in [6, 6.07) is 10.6. The molecule has 0 saturated carbocycles. The van der Waals surface area contributed by atoms with Gasteiger partial charge in [-0.1, -0.05) is 30.3 Å². The van der Waals surface area contributed by atoms with Crippen LogP contribution < -0.4 is 0 Å². The van der Waals surface area contributed by atoms with Crippen molar-refractivity contribution in [2.45, 2.75) is 45.4 Å². The molecule has 0 spiro atoms. The molecular weight excluding hydrogens is 232 g/mol. The zero-order valence-electron chi connectivity index (χ0n) is 12.3. The van der Waals surface area contributed by atoms with Gasteiger partial charge in [0.05, 0.1) is 0 Å². The Morgan fingerprint density at radius 2 is 1.42 bits per heavy atom. The molecule has 0 heterocycles. The second-order valence-corrected chi connectivity index (χ2v) is 6.74. The summed E-state index contributed by atoms with van der Waals surface area (Å²) < 4.78 is 0. The monoisotopic (exact) mass is 252 g/mol. The van der Waals surface area contributed by atoms with Gasteiger partial charge in [-0.15, -0.1) is 0 Å². The largest absolute Gasteiger partial charge is 0.298 e. The maximum Gasteiger partial charge on any atom is 0.152 e. The van der Waals surface area contributed by atoms with E-state index in [0.29, 0.717) is 5.78 Å². The summed E-state index contributed by atoms with van der Waals surface area (Å²) in [4.78, 5) is 12.9. The first-order valence-corrected chi connectivity index (χ1v) is 6.86. The van der Waals surface area contributed by atoms with Gasteiger partial charge in [0.1, 0.15) is 0 Å². The van der Waals surface area contributed by atoms with Gasteiger partial charge in [0, 0.05) is 10.8 Å². The van der Waals surface area contributed by atoms with Gasteiger partial charge in [0.25, 0.3) is 0 Å². The first-order valence-electron chi connectivity index (χ1n) is 6.86. The van der Waals surface area contributed by atoms with Crippen LogP contribution in [0.5, 0.6) is 0 Å². The molecule has 0 N–H and O–H groups in total. The van der Waals surface area contributed by atoms with Gasteiger partial charge >= 0.3 is 0 Å². The molecule has 0 aromatic heterocycles. The highest BCUT2D eigenvalue weighted by molar-refractivity contribution is 6.09. The fraction of sp³-hybridized carbons (Fsp3) is 0.389. The molecule has 2 aromatic carbocycles. The Kier molecular flexibility index (Phi) is 2.27. The number of aryl methyl sites for hydroxylation is 1. The molecule has 0 saturated heterocycles. The predicted molar refractivity (Wildman–Crippen MR) is 79.7 cm³/mol. The SMILES string of the molecule is Cc1ccc2c3c(cccc13)C(C)(C)C(=O)C2(C)C. The zero-order valence-corrected chi connectivity index (χ0v) is 12.3. The number of carbonyl (C=O) groups is 1. The summed E-state index contributed by atoms with van der Waals surface area (Å²) in [5.41, 5.74) is 2.80. The third-order valence-corrected chi connectivity index (χ3v) is 4.74. The highest BCUT2D eigenvalue weighted by Gasteiger charge is 2.46. The quantitative estimate of drug-likeness (QED) is 0.683. The molecule has 1 nitrogen and oxygen atoms in total. The Labute approximate surface area is 114 Å².